The number of aromatic nitrogens is 2. The number of hydrogen-bond donors (Lipinski definition) is 4. The molecule has 0 saturated carbocycles. The van der Waals surface area contributed by atoms with Gasteiger partial charge >= 0.3 is 0 Å². The molecule has 0 aliphatic carbocycles. The molecular formula is C42H62N8O2. The van der Waals surface area contributed by atoms with E-state index < -0.39 is 0 Å². The first-order valence-corrected chi connectivity index (χ1v) is 19.6. The summed E-state index contributed by atoms with van der Waals surface area (Å²) in [6, 6.07) is 16.4. The molecule has 0 saturated heterocycles. The molecule has 4 aromatic rings. The Kier molecular flexibility index (Phi) is 16.6. The van der Waals surface area contributed by atoms with Gasteiger partial charge in [-0.15, -0.1) is 0 Å². The molecule has 2 heterocycles. The molecule has 0 radical (unpaired) electrons. The highest BCUT2D eigenvalue weighted by atomic mass is 16.2. The van der Waals surface area contributed by atoms with Gasteiger partial charge in [0.2, 0.25) is 11.8 Å². The number of pyridine rings is 2. The van der Waals surface area contributed by atoms with Crippen LogP contribution in [0.5, 0.6) is 0 Å². The molecule has 0 aliphatic rings. The van der Waals surface area contributed by atoms with Crippen LogP contribution in [0.1, 0.15) is 92.9 Å². The summed E-state index contributed by atoms with van der Waals surface area (Å²) < 4.78 is 0. The highest BCUT2D eigenvalue weighted by Gasteiger charge is 2.12. The van der Waals surface area contributed by atoms with Crippen molar-refractivity contribution in [3.8, 4) is 0 Å². The minimum atomic E-state index is -0.0703. The van der Waals surface area contributed by atoms with Gasteiger partial charge in [-0.05, 0) is 140 Å². The Morgan fingerprint density at radius 2 is 1.00 bits per heavy atom. The number of hydrogen-bond acceptors (Lipinski definition) is 8. The number of nitrogens with zero attached hydrogens (tertiary/aromatic N) is 4. The van der Waals surface area contributed by atoms with Gasteiger partial charge in [0.05, 0.1) is 11.0 Å². The maximum atomic E-state index is 12.7. The fourth-order valence-corrected chi connectivity index (χ4v) is 6.72. The smallest absolute Gasteiger partial charge is 0.224 e. The third-order valence-electron chi connectivity index (χ3n) is 9.93. The second-order valence-electron chi connectivity index (χ2n) is 13.9. The minimum Gasteiger partial charge on any atom is -0.382 e. The van der Waals surface area contributed by atoms with Crippen molar-refractivity contribution in [1.82, 2.24) is 19.8 Å². The van der Waals surface area contributed by atoms with Crippen molar-refractivity contribution in [3.63, 3.8) is 0 Å². The maximum absolute atomic E-state index is 12.7. The highest BCUT2D eigenvalue weighted by molar-refractivity contribution is 5.98. The van der Waals surface area contributed by atoms with Crippen molar-refractivity contribution < 1.29 is 9.59 Å². The van der Waals surface area contributed by atoms with Gasteiger partial charge in [0.1, 0.15) is 0 Å². The lowest BCUT2D eigenvalue weighted by molar-refractivity contribution is -0.118. The van der Waals surface area contributed by atoms with E-state index in [0.717, 1.165) is 110 Å². The number of carbonyl (C=O) groups is 2. The van der Waals surface area contributed by atoms with Crippen molar-refractivity contribution in [2.75, 3.05) is 60.5 Å². The van der Waals surface area contributed by atoms with Gasteiger partial charge in [-0.2, -0.15) is 0 Å². The first-order valence-electron chi connectivity index (χ1n) is 19.6. The molecule has 4 N–H and O–H groups in total. The van der Waals surface area contributed by atoms with Crippen molar-refractivity contribution in [2.24, 2.45) is 0 Å². The molecule has 10 heteroatoms. The number of benzene rings is 2. The number of rotatable bonds is 23. The SMILES string of the molecule is CCN(CC)CCCC(C)Nc1ccnc2cc(NC(=O)CCCCC(=O)Nc3ccc4c(NC(C)CCCN(CC)CC)ccnc4c3)ccc12. The molecule has 0 bridgehead atoms. The molecule has 0 aliphatic heterocycles. The summed E-state index contributed by atoms with van der Waals surface area (Å²) in [6.07, 6.45) is 10.0. The van der Waals surface area contributed by atoms with Crippen LogP contribution in [-0.4, -0.2) is 82.9 Å². The van der Waals surface area contributed by atoms with E-state index in [1.165, 1.54) is 0 Å². The van der Waals surface area contributed by atoms with Gasteiger partial charge in [0.25, 0.3) is 0 Å². The Morgan fingerprint density at radius 1 is 0.596 bits per heavy atom. The van der Waals surface area contributed by atoms with Crippen LogP contribution in [-0.2, 0) is 9.59 Å². The van der Waals surface area contributed by atoms with Gasteiger partial charge in [-0.25, -0.2) is 0 Å². The van der Waals surface area contributed by atoms with Crippen LogP contribution >= 0.6 is 0 Å². The number of unbranched alkanes of at least 4 members (excludes halogenated alkanes) is 1. The largest absolute Gasteiger partial charge is 0.382 e. The molecule has 2 aromatic carbocycles. The van der Waals surface area contributed by atoms with Crippen molar-refractivity contribution in [2.45, 2.75) is 105 Å². The molecule has 0 spiro atoms. The van der Waals surface area contributed by atoms with Crippen molar-refractivity contribution >= 4 is 56.4 Å². The number of fused-ring (bicyclic) bond motifs is 2. The summed E-state index contributed by atoms with van der Waals surface area (Å²) in [7, 11) is 0. The van der Waals surface area contributed by atoms with Crippen LogP contribution in [0.4, 0.5) is 22.7 Å². The number of nitrogens with one attached hydrogen (secondary N) is 4. The molecule has 10 nitrogen and oxygen atoms in total. The predicted molar refractivity (Wildman–Crippen MR) is 219 cm³/mol. The Morgan fingerprint density at radius 3 is 1.38 bits per heavy atom. The van der Waals surface area contributed by atoms with Crippen LogP contribution in [0.15, 0.2) is 60.9 Å². The van der Waals surface area contributed by atoms with Crippen LogP contribution in [0.25, 0.3) is 21.8 Å². The van der Waals surface area contributed by atoms with Crippen molar-refractivity contribution in [1.29, 1.82) is 0 Å². The van der Waals surface area contributed by atoms with Crippen LogP contribution in [0, 0.1) is 0 Å². The fourth-order valence-electron chi connectivity index (χ4n) is 6.72. The van der Waals surface area contributed by atoms with Crippen molar-refractivity contribution in [3.05, 3.63) is 60.9 Å². The first-order chi connectivity index (χ1) is 25.2. The molecule has 2 unspecified atom stereocenters. The lowest BCUT2D eigenvalue weighted by Crippen LogP contribution is -2.25. The summed E-state index contributed by atoms with van der Waals surface area (Å²) in [6.45, 7) is 19.9. The van der Waals surface area contributed by atoms with Gasteiger partial charge in [0.15, 0.2) is 0 Å². The predicted octanol–water partition coefficient (Wildman–Crippen LogP) is 8.77. The maximum Gasteiger partial charge on any atom is 0.224 e. The topological polar surface area (TPSA) is 115 Å². The monoisotopic (exact) mass is 710 g/mol. The number of anilines is 4. The van der Waals surface area contributed by atoms with Crippen LogP contribution in [0.2, 0.25) is 0 Å². The van der Waals surface area contributed by atoms with E-state index in [1.54, 1.807) is 0 Å². The summed E-state index contributed by atoms with van der Waals surface area (Å²) in [5.74, 6) is -0.141. The Balaban J connectivity index is 1.19. The zero-order chi connectivity index (χ0) is 37.3. The summed E-state index contributed by atoms with van der Waals surface area (Å²) >= 11 is 0. The molecule has 2 amide bonds. The Hall–Kier alpha value is -4.28. The van der Waals surface area contributed by atoms with Crippen LogP contribution in [0.3, 0.4) is 0 Å². The van der Waals surface area contributed by atoms with E-state index in [-0.39, 0.29) is 11.8 Å². The Labute approximate surface area is 311 Å². The quantitative estimate of drug-likeness (QED) is 0.0565. The van der Waals surface area contributed by atoms with Crippen LogP contribution < -0.4 is 21.3 Å². The van der Waals surface area contributed by atoms with Gasteiger partial charge in [-0.3, -0.25) is 19.6 Å². The molecule has 2 aromatic heterocycles. The molecule has 282 valence electrons. The lowest BCUT2D eigenvalue weighted by Gasteiger charge is -2.21. The summed E-state index contributed by atoms with van der Waals surface area (Å²) in [5.41, 5.74) is 5.23. The molecule has 4 rings (SSSR count). The second-order valence-corrected chi connectivity index (χ2v) is 13.9. The van der Waals surface area contributed by atoms with E-state index in [1.807, 2.05) is 60.9 Å². The van der Waals surface area contributed by atoms with E-state index in [9.17, 15) is 9.59 Å². The summed E-state index contributed by atoms with van der Waals surface area (Å²) in [5, 5.41) is 15.4. The van der Waals surface area contributed by atoms with E-state index in [0.29, 0.717) is 37.8 Å². The zero-order valence-corrected chi connectivity index (χ0v) is 32.4. The average Bonchev–Trinajstić information content (AvgIpc) is 3.14. The van der Waals surface area contributed by atoms with Gasteiger partial charge in [0, 0.05) is 70.8 Å². The van der Waals surface area contributed by atoms with E-state index >= 15 is 0 Å². The molecule has 0 fully saturated rings. The fraction of sp³-hybridized carbons (Fsp3) is 0.524. The summed E-state index contributed by atoms with van der Waals surface area (Å²) in [4.78, 5) is 39.5. The number of carbonyl (C=O) groups excluding carboxylic acids is 2. The molecular weight excluding hydrogens is 649 g/mol. The number of amides is 2. The molecule has 2 atom stereocenters. The van der Waals surface area contributed by atoms with Gasteiger partial charge in [-0.1, -0.05) is 27.7 Å². The third-order valence-corrected chi connectivity index (χ3v) is 9.93. The zero-order valence-electron chi connectivity index (χ0n) is 32.4. The first kappa shape index (κ1) is 40.5. The lowest BCUT2D eigenvalue weighted by atomic mass is 10.1. The average molecular weight is 711 g/mol. The second kappa shape index (κ2) is 21.3. The highest BCUT2D eigenvalue weighted by Crippen LogP contribution is 2.27. The standard InChI is InChI=1S/C42H62N8O2/c1-7-49(8-2)27-13-15-31(5)45-37-23-25-43-39-29-33(19-21-35(37)39)47-41(51)17-11-12-18-42(52)48-34-20-22-36-38(24-26-44-40(36)30-34)46-32(6)16-14-28-50(9-3)10-4/h19-26,29-32H,7-18,27-28H2,1-6H3,(H,43,45)(H,44,46)(H,47,51)(H,48,52). The minimum absolute atomic E-state index is 0.0703. The van der Waals surface area contributed by atoms with E-state index in [4.69, 9.17) is 0 Å². The van der Waals surface area contributed by atoms with Gasteiger partial charge < -0.3 is 31.1 Å². The van der Waals surface area contributed by atoms with E-state index in [2.05, 4.69) is 82.6 Å². The Bertz CT molecular complexity index is 1580. The normalized spacial score (nSPS) is 12.7. The molecule has 52 heavy (non-hydrogen) atoms. The third kappa shape index (κ3) is 12.7.